The number of benzene rings is 1. The molecule has 0 unspecified atom stereocenters. The fraction of sp³-hybridized carbons (Fsp3) is 0.250. The molecule has 0 saturated heterocycles. The molecule has 1 heterocycles. The lowest BCUT2D eigenvalue weighted by Crippen LogP contribution is -2.10. The molecule has 0 aliphatic carbocycles. The molecule has 2 N–H and O–H groups in total. The Morgan fingerprint density at radius 2 is 2.25 bits per heavy atom. The van der Waals surface area contributed by atoms with Crippen molar-refractivity contribution in [3.8, 4) is 0 Å². The Balaban J connectivity index is 2.27. The minimum absolute atomic E-state index is 0.394. The molecule has 2 aromatic rings. The van der Waals surface area contributed by atoms with Gasteiger partial charge in [-0.1, -0.05) is 12.1 Å². The van der Waals surface area contributed by atoms with Gasteiger partial charge in [0, 0.05) is 19.3 Å². The van der Waals surface area contributed by atoms with E-state index >= 15 is 0 Å². The molecule has 0 aliphatic rings. The van der Waals surface area contributed by atoms with Gasteiger partial charge in [-0.2, -0.15) is 4.98 Å². The first-order valence-corrected chi connectivity index (χ1v) is 5.15. The number of aryl methyl sites for hydroxylation is 1. The molecule has 2 rings (SSSR count). The van der Waals surface area contributed by atoms with E-state index in [0.717, 1.165) is 11.4 Å². The van der Waals surface area contributed by atoms with E-state index in [9.17, 15) is 0 Å². The SMILES string of the molecule is Cc1cccc(N(C)c2nc(CN)co2)c1. The summed E-state index contributed by atoms with van der Waals surface area (Å²) in [4.78, 5) is 6.16. The predicted molar refractivity (Wildman–Crippen MR) is 63.6 cm³/mol. The summed E-state index contributed by atoms with van der Waals surface area (Å²) < 4.78 is 5.35. The van der Waals surface area contributed by atoms with Crippen LogP contribution in [0.3, 0.4) is 0 Å². The van der Waals surface area contributed by atoms with Gasteiger partial charge in [0.05, 0.1) is 5.69 Å². The van der Waals surface area contributed by atoms with E-state index in [2.05, 4.69) is 24.0 Å². The minimum Gasteiger partial charge on any atom is -0.431 e. The average Bonchev–Trinajstić information content (AvgIpc) is 2.76. The third kappa shape index (κ3) is 2.06. The van der Waals surface area contributed by atoms with Gasteiger partial charge in [0.1, 0.15) is 6.26 Å². The summed E-state index contributed by atoms with van der Waals surface area (Å²) >= 11 is 0. The van der Waals surface area contributed by atoms with E-state index in [-0.39, 0.29) is 0 Å². The first-order valence-electron chi connectivity index (χ1n) is 5.15. The Bertz CT molecular complexity index is 479. The molecule has 84 valence electrons. The van der Waals surface area contributed by atoms with Crippen molar-refractivity contribution in [2.24, 2.45) is 5.73 Å². The fourth-order valence-electron chi connectivity index (χ4n) is 1.49. The third-order valence-electron chi connectivity index (χ3n) is 2.42. The van der Waals surface area contributed by atoms with Crippen LogP contribution in [-0.4, -0.2) is 12.0 Å². The number of oxazole rings is 1. The van der Waals surface area contributed by atoms with Crippen molar-refractivity contribution in [3.63, 3.8) is 0 Å². The quantitative estimate of drug-likeness (QED) is 0.856. The Kier molecular flexibility index (Phi) is 2.92. The summed E-state index contributed by atoms with van der Waals surface area (Å²) in [5.41, 5.74) is 8.49. The molecule has 4 nitrogen and oxygen atoms in total. The number of hydrogen-bond acceptors (Lipinski definition) is 4. The molecular formula is C12H15N3O. The lowest BCUT2D eigenvalue weighted by Gasteiger charge is -2.14. The Labute approximate surface area is 94.7 Å². The summed E-state index contributed by atoms with van der Waals surface area (Å²) in [5, 5.41) is 0. The average molecular weight is 217 g/mol. The Hall–Kier alpha value is -1.81. The molecule has 0 spiro atoms. The van der Waals surface area contributed by atoms with E-state index < -0.39 is 0 Å². The van der Waals surface area contributed by atoms with Gasteiger partial charge >= 0.3 is 6.01 Å². The highest BCUT2D eigenvalue weighted by atomic mass is 16.4. The first kappa shape index (κ1) is 10.7. The molecular weight excluding hydrogens is 202 g/mol. The summed E-state index contributed by atoms with van der Waals surface area (Å²) in [6, 6.07) is 8.71. The normalized spacial score (nSPS) is 10.4. The van der Waals surface area contributed by atoms with E-state index in [1.54, 1.807) is 6.26 Å². The number of rotatable bonds is 3. The summed E-state index contributed by atoms with van der Waals surface area (Å²) in [5.74, 6) is 0. The van der Waals surface area contributed by atoms with Crippen LogP contribution in [0, 0.1) is 6.92 Å². The first-order chi connectivity index (χ1) is 7.70. The van der Waals surface area contributed by atoms with Crippen LogP contribution in [0.5, 0.6) is 0 Å². The second-order valence-corrected chi connectivity index (χ2v) is 3.72. The fourth-order valence-corrected chi connectivity index (χ4v) is 1.49. The van der Waals surface area contributed by atoms with E-state index in [1.165, 1.54) is 5.56 Å². The summed E-state index contributed by atoms with van der Waals surface area (Å²) in [6.07, 6.45) is 1.58. The van der Waals surface area contributed by atoms with Crippen LogP contribution in [0.15, 0.2) is 34.9 Å². The Morgan fingerprint density at radius 3 is 2.88 bits per heavy atom. The molecule has 0 fully saturated rings. The van der Waals surface area contributed by atoms with Crippen LogP contribution in [0.2, 0.25) is 0 Å². The molecule has 0 aliphatic heterocycles. The number of nitrogens with two attached hydrogens (primary N) is 1. The van der Waals surface area contributed by atoms with E-state index in [0.29, 0.717) is 12.6 Å². The molecule has 0 amide bonds. The lowest BCUT2D eigenvalue weighted by atomic mass is 10.2. The molecule has 1 aromatic heterocycles. The maximum absolute atomic E-state index is 5.49. The van der Waals surface area contributed by atoms with Gasteiger partial charge in [-0.05, 0) is 24.6 Å². The van der Waals surface area contributed by atoms with Crippen molar-refractivity contribution in [2.75, 3.05) is 11.9 Å². The molecule has 1 aromatic carbocycles. The van der Waals surface area contributed by atoms with Crippen molar-refractivity contribution < 1.29 is 4.42 Å². The number of nitrogens with zero attached hydrogens (tertiary/aromatic N) is 2. The van der Waals surface area contributed by atoms with Crippen LogP contribution in [0.4, 0.5) is 11.7 Å². The minimum atomic E-state index is 0.394. The second kappa shape index (κ2) is 4.37. The zero-order valence-corrected chi connectivity index (χ0v) is 9.47. The highest BCUT2D eigenvalue weighted by molar-refractivity contribution is 5.56. The number of anilines is 2. The maximum atomic E-state index is 5.49. The monoisotopic (exact) mass is 217 g/mol. The molecule has 0 saturated carbocycles. The lowest BCUT2D eigenvalue weighted by molar-refractivity contribution is 0.559. The van der Waals surface area contributed by atoms with Crippen LogP contribution < -0.4 is 10.6 Å². The molecule has 4 heteroatoms. The van der Waals surface area contributed by atoms with Crippen LogP contribution >= 0.6 is 0 Å². The van der Waals surface area contributed by atoms with Gasteiger partial charge in [0.2, 0.25) is 0 Å². The predicted octanol–water partition coefficient (Wildman–Crippen LogP) is 2.21. The molecule has 16 heavy (non-hydrogen) atoms. The van der Waals surface area contributed by atoms with Crippen molar-refractivity contribution >= 4 is 11.7 Å². The van der Waals surface area contributed by atoms with E-state index in [4.69, 9.17) is 10.2 Å². The number of aromatic nitrogens is 1. The van der Waals surface area contributed by atoms with Crippen LogP contribution in [0.25, 0.3) is 0 Å². The van der Waals surface area contributed by atoms with Gasteiger partial charge < -0.3 is 10.2 Å². The summed E-state index contributed by atoms with van der Waals surface area (Å²) in [6.45, 7) is 2.45. The molecule has 0 radical (unpaired) electrons. The smallest absolute Gasteiger partial charge is 0.301 e. The van der Waals surface area contributed by atoms with E-state index in [1.807, 2.05) is 24.1 Å². The highest BCUT2D eigenvalue weighted by Crippen LogP contribution is 2.23. The maximum Gasteiger partial charge on any atom is 0.301 e. The second-order valence-electron chi connectivity index (χ2n) is 3.72. The van der Waals surface area contributed by atoms with Crippen LogP contribution in [-0.2, 0) is 6.54 Å². The van der Waals surface area contributed by atoms with Gasteiger partial charge in [0.25, 0.3) is 0 Å². The zero-order valence-electron chi connectivity index (χ0n) is 9.47. The van der Waals surface area contributed by atoms with Gasteiger partial charge in [-0.25, -0.2) is 0 Å². The van der Waals surface area contributed by atoms with Crippen LogP contribution in [0.1, 0.15) is 11.3 Å². The number of hydrogen-bond donors (Lipinski definition) is 1. The summed E-state index contributed by atoms with van der Waals surface area (Å²) in [7, 11) is 1.92. The highest BCUT2D eigenvalue weighted by Gasteiger charge is 2.10. The van der Waals surface area contributed by atoms with Crippen molar-refractivity contribution in [3.05, 3.63) is 41.8 Å². The zero-order chi connectivity index (χ0) is 11.5. The van der Waals surface area contributed by atoms with Gasteiger partial charge in [-0.15, -0.1) is 0 Å². The molecule has 0 bridgehead atoms. The Morgan fingerprint density at radius 1 is 1.44 bits per heavy atom. The van der Waals surface area contributed by atoms with Crippen molar-refractivity contribution in [1.82, 2.24) is 4.98 Å². The standard InChI is InChI=1S/C12H15N3O/c1-9-4-3-5-11(6-9)15(2)12-14-10(7-13)8-16-12/h3-6,8H,7,13H2,1-2H3. The third-order valence-corrected chi connectivity index (χ3v) is 2.42. The topological polar surface area (TPSA) is 55.3 Å². The largest absolute Gasteiger partial charge is 0.431 e. The van der Waals surface area contributed by atoms with Gasteiger partial charge in [0.15, 0.2) is 0 Å². The van der Waals surface area contributed by atoms with Crippen molar-refractivity contribution in [1.29, 1.82) is 0 Å². The van der Waals surface area contributed by atoms with Crippen molar-refractivity contribution in [2.45, 2.75) is 13.5 Å². The van der Waals surface area contributed by atoms with Gasteiger partial charge in [-0.3, -0.25) is 4.90 Å². The molecule has 0 atom stereocenters.